The molecule has 0 aromatic carbocycles. The lowest BCUT2D eigenvalue weighted by molar-refractivity contribution is -0.000699. The zero-order chi connectivity index (χ0) is 11.0. The molecule has 1 heterocycles. The number of carbonyl (C=O) groups excluding carboxylic acids is 1. The van der Waals surface area contributed by atoms with E-state index in [0.717, 1.165) is 0 Å². The van der Waals surface area contributed by atoms with Gasteiger partial charge < -0.3 is 5.32 Å². The van der Waals surface area contributed by atoms with Crippen LogP contribution in [0.5, 0.6) is 0 Å². The van der Waals surface area contributed by atoms with Crippen LogP contribution in [0.1, 0.15) is 42.6 Å². The highest BCUT2D eigenvalue weighted by molar-refractivity contribution is 5.92. The predicted molar refractivity (Wildman–Crippen MR) is 61.0 cm³/mol. The lowest BCUT2D eigenvalue weighted by Gasteiger charge is -2.54. The maximum atomic E-state index is 11.8. The zero-order valence-electron chi connectivity index (χ0n) is 9.28. The van der Waals surface area contributed by atoms with Gasteiger partial charge in [-0.15, -0.1) is 0 Å². The summed E-state index contributed by atoms with van der Waals surface area (Å²) in [4.78, 5) is 15.8. The second-order valence-electron chi connectivity index (χ2n) is 5.15. The molecular formula is C13H16N2O. The van der Waals surface area contributed by atoms with Gasteiger partial charge in [0.15, 0.2) is 0 Å². The third kappa shape index (κ3) is 1.60. The molecule has 0 bridgehead atoms. The van der Waals surface area contributed by atoms with Gasteiger partial charge in [-0.05, 0) is 43.2 Å². The first-order chi connectivity index (χ1) is 7.77. The molecule has 2 aliphatic rings. The van der Waals surface area contributed by atoms with E-state index in [1.54, 1.807) is 12.3 Å². The standard InChI is InChI=1S/C13H16N2O/c16-12(11-4-1-2-7-14-11)15-10-8-13(9-10)5-3-6-13/h1-2,4,7,10H,3,5-6,8-9H2,(H,15,16). The van der Waals surface area contributed by atoms with Crippen molar-refractivity contribution in [2.24, 2.45) is 5.41 Å². The SMILES string of the molecule is O=C(NC1CC2(CCC2)C1)c1ccccn1. The molecule has 1 aromatic heterocycles. The third-order valence-electron chi connectivity index (χ3n) is 4.01. The molecule has 16 heavy (non-hydrogen) atoms. The predicted octanol–water partition coefficient (Wildman–Crippen LogP) is 2.14. The number of nitrogens with zero attached hydrogens (tertiary/aromatic N) is 1. The van der Waals surface area contributed by atoms with Crippen LogP contribution < -0.4 is 5.32 Å². The Morgan fingerprint density at radius 3 is 2.75 bits per heavy atom. The van der Waals surface area contributed by atoms with Crippen LogP contribution in [0.15, 0.2) is 24.4 Å². The molecule has 1 aromatic rings. The van der Waals surface area contributed by atoms with Gasteiger partial charge in [0.1, 0.15) is 5.69 Å². The molecule has 1 spiro atoms. The minimum absolute atomic E-state index is 0.0280. The summed E-state index contributed by atoms with van der Waals surface area (Å²) in [6.45, 7) is 0. The Bertz CT molecular complexity index is 390. The number of amides is 1. The van der Waals surface area contributed by atoms with E-state index in [1.807, 2.05) is 12.1 Å². The first-order valence-corrected chi connectivity index (χ1v) is 5.99. The summed E-state index contributed by atoms with van der Waals surface area (Å²) in [5.41, 5.74) is 1.14. The Morgan fingerprint density at radius 2 is 2.19 bits per heavy atom. The molecule has 84 valence electrons. The molecule has 1 amide bonds. The summed E-state index contributed by atoms with van der Waals surface area (Å²) in [6.07, 6.45) is 8.10. The number of pyridine rings is 1. The van der Waals surface area contributed by atoms with Crippen LogP contribution in [0, 0.1) is 5.41 Å². The summed E-state index contributed by atoms with van der Waals surface area (Å²) < 4.78 is 0. The van der Waals surface area contributed by atoms with Crippen molar-refractivity contribution in [1.82, 2.24) is 10.3 Å². The normalized spacial score (nSPS) is 22.2. The Labute approximate surface area is 95.3 Å². The smallest absolute Gasteiger partial charge is 0.270 e. The number of hydrogen-bond acceptors (Lipinski definition) is 2. The maximum absolute atomic E-state index is 11.8. The average molecular weight is 216 g/mol. The fraction of sp³-hybridized carbons (Fsp3) is 0.538. The summed E-state index contributed by atoms with van der Waals surface area (Å²) >= 11 is 0. The number of nitrogens with one attached hydrogen (secondary N) is 1. The lowest BCUT2D eigenvalue weighted by Crippen LogP contribution is -2.53. The molecule has 1 N–H and O–H groups in total. The van der Waals surface area contributed by atoms with E-state index in [9.17, 15) is 4.79 Å². The van der Waals surface area contributed by atoms with Crippen molar-refractivity contribution in [3.8, 4) is 0 Å². The van der Waals surface area contributed by atoms with Crippen molar-refractivity contribution >= 4 is 5.91 Å². The Kier molecular flexibility index (Phi) is 2.20. The van der Waals surface area contributed by atoms with Gasteiger partial charge in [-0.25, -0.2) is 0 Å². The van der Waals surface area contributed by atoms with Crippen molar-refractivity contribution in [1.29, 1.82) is 0 Å². The van der Waals surface area contributed by atoms with Gasteiger partial charge in [-0.2, -0.15) is 0 Å². The van der Waals surface area contributed by atoms with Crippen LogP contribution in [0.4, 0.5) is 0 Å². The molecule has 3 nitrogen and oxygen atoms in total. The fourth-order valence-electron chi connectivity index (χ4n) is 2.93. The Balaban J connectivity index is 1.55. The van der Waals surface area contributed by atoms with Crippen LogP contribution in [-0.4, -0.2) is 16.9 Å². The fourth-order valence-corrected chi connectivity index (χ4v) is 2.93. The van der Waals surface area contributed by atoms with E-state index in [4.69, 9.17) is 0 Å². The van der Waals surface area contributed by atoms with E-state index in [0.29, 0.717) is 17.2 Å². The first kappa shape index (κ1) is 9.82. The summed E-state index contributed by atoms with van der Waals surface area (Å²) in [5.74, 6) is -0.0280. The van der Waals surface area contributed by atoms with Gasteiger partial charge in [0.25, 0.3) is 5.91 Å². The van der Waals surface area contributed by atoms with E-state index < -0.39 is 0 Å². The quantitative estimate of drug-likeness (QED) is 0.823. The van der Waals surface area contributed by atoms with Gasteiger partial charge in [-0.1, -0.05) is 12.5 Å². The number of aromatic nitrogens is 1. The molecule has 0 unspecified atom stereocenters. The minimum Gasteiger partial charge on any atom is -0.348 e. The monoisotopic (exact) mass is 216 g/mol. The summed E-state index contributed by atoms with van der Waals surface area (Å²) in [7, 11) is 0. The van der Waals surface area contributed by atoms with Crippen LogP contribution in [-0.2, 0) is 0 Å². The highest BCUT2D eigenvalue weighted by Crippen LogP contribution is 2.55. The Morgan fingerprint density at radius 1 is 1.38 bits per heavy atom. The lowest BCUT2D eigenvalue weighted by atomic mass is 9.54. The molecule has 0 saturated heterocycles. The summed E-state index contributed by atoms with van der Waals surface area (Å²) in [6, 6.07) is 5.81. The van der Waals surface area contributed by atoms with E-state index in [1.165, 1.54) is 32.1 Å². The van der Waals surface area contributed by atoms with Crippen LogP contribution in [0.3, 0.4) is 0 Å². The molecule has 2 aliphatic carbocycles. The third-order valence-corrected chi connectivity index (χ3v) is 4.01. The number of hydrogen-bond donors (Lipinski definition) is 1. The molecule has 3 rings (SSSR count). The minimum atomic E-state index is -0.0280. The van der Waals surface area contributed by atoms with Crippen LogP contribution in [0.25, 0.3) is 0 Å². The number of rotatable bonds is 2. The van der Waals surface area contributed by atoms with Crippen molar-refractivity contribution in [3.63, 3.8) is 0 Å². The molecule has 2 fully saturated rings. The average Bonchev–Trinajstić information content (AvgIpc) is 2.21. The van der Waals surface area contributed by atoms with E-state index >= 15 is 0 Å². The van der Waals surface area contributed by atoms with Crippen molar-refractivity contribution < 1.29 is 4.79 Å². The van der Waals surface area contributed by atoms with E-state index in [2.05, 4.69) is 10.3 Å². The Hall–Kier alpha value is -1.38. The topological polar surface area (TPSA) is 42.0 Å². The second-order valence-corrected chi connectivity index (χ2v) is 5.15. The molecule has 2 saturated carbocycles. The summed E-state index contributed by atoms with van der Waals surface area (Å²) in [5, 5.41) is 3.05. The highest BCUT2D eigenvalue weighted by Gasteiger charge is 2.48. The molecule has 3 heteroatoms. The van der Waals surface area contributed by atoms with Crippen LogP contribution in [0.2, 0.25) is 0 Å². The van der Waals surface area contributed by atoms with Crippen molar-refractivity contribution in [3.05, 3.63) is 30.1 Å². The van der Waals surface area contributed by atoms with Crippen molar-refractivity contribution in [2.75, 3.05) is 0 Å². The first-order valence-electron chi connectivity index (χ1n) is 5.99. The zero-order valence-corrected chi connectivity index (χ0v) is 9.28. The van der Waals surface area contributed by atoms with Crippen molar-refractivity contribution in [2.45, 2.75) is 38.1 Å². The largest absolute Gasteiger partial charge is 0.348 e. The van der Waals surface area contributed by atoms with Gasteiger partial charge in [0.05, 0.1) is 0 Å². The van der Waals surface area contributed by atoms with Gasteiger partial charge in [-0.3, -0.25) is 9.78 Å². The van der Waals surface area contributed by atoms with E-state index in [-0.39, 0.29) is 5.91 Å². The van der Waals surface area contributed by atoms with Gasteiger partial charge >= 0.3 is 0 Å². The molecule has 0 radical (unpaired) electrons. The molecule has 0 aliphatic heterocycles. The van der Waals surface area contributed by atoms with Gasteiger partial charge in [0, 0.05) is 12.2 Å². The highest BCUT2D eigenvalue weighted by atomic mass is 16.1. The number of carbonyl (C=O) groups is 1. The van der Waals surface area contributed by atoms with Crippen LogP contribution >= 0.6 is 0 Å². The maximum Gasteiger partial charge on any atom is 0.270 e. The second kappa shape index (κ2) is 3.58. The molecule has 0 atom stereocenters. The van der Waals surface area contributed by atoms with Gasteiger partial charge in [0.2, 0.25) is 0 Å². The molecular weight excluding hydrogens is 200 g/mol.